The monoisotopic (exact) mass is 284 g/mol. The molecule has 0 aromatic heterocycles. The third-order valence-corrected chi connectivity index (χ3v) is 4.02. The number of nitrogens with zero attached hydrogens (tertiary/aromatic N) is 1. The summed E-state index contributed by atoms with van der Waals surface area (Å²) < 4.78 is 5.38. The Bertz CT molecular complexity index is 292. The normalized spacial score (nSPS) is 18.1. The Morgan fingerprint density at radius 1 is 1.30 bits per heavy atom. The van der Waals surface area contributed by atoms with Crippen molar-refractivity contribution in [2.45, 2.75) is 58.4 Å². The number of carbonyl (C=O) groups is 1. The molecule has 1 rings (SSSR count). The van der Waals surface area contributed by atoms with Crippen LogP contribution >= 0.6 is 0 Å². The standard InChI is InChI=1S/C16H32N2O2/c1-5-8-12-18(4)13-16(14-9-10-14,17-11-6-2)15(19)20-7-3/h14,17H,5-13H2,1-4H3. The SMILES string of the molecule is CCCCN(C)CC(NCCC)(C(=O)OCC)C1CC1. The second kappa shape index (κ2) is 8.63. The molecule has 0 aromatic carbocycles. The van der Waals surface area contributed by atoms with Crippen molar-refractivity contribution in [3.63, 3.8) is 0 Å². The fraction of sp³-hybridized carbons (Fsp3) is 0.938. The van der Waals surface area contributed by atoms with E-state index in [1.54, 1.807) is 0 Å². The number of carbonyl (C=O) groups excluding carboxylic acids is 1. The summed E-state index contributed by atoms with van der Waals surface area (Å²) in [5.41, 5.74) is -0.492. The summed E-state index contributed by atoms with van der Waals surface area (Å²) in [7, 11) is 2.11. The third kappa shape index (κ3) is 4.74. The summed E-state index contributed by atoms with van der Waals surface area (Å²) in [6.45, 7) is 9.35. The summed E-state index contributed by atoms with van der Waals surface area (Å²) in [4.78, 5) is 14.8. The second-order valence-electron chi connectivity index (χ2n) is 5.98. The molecule has 1 fully saturated rings. The molecule has 0 bridgehead atoms. The van der Waals surface area contributed by atoms with Crippen LogP contribution in [0.2, 0.25) is 0 Å². The van der Waals surface area contributed by atoms with Crippen molar-refractivity contribution in [3.05, 3.63) is 0 Å². The highest BCUT2D eigenvalue weighted by molar-refractivity contribution is 5.82. The quantitative estimate of drug-likeness (QED) is 0.592. The number of rotatable bonds is 11. The molecule has 0 aromatic rings. The van der Waals surface area contributed by atoms with E-state index in [0.717, 1.165) is 38.9 Å². The molecule has 0 amide bonds. The van der Waals surface area contributed by atoms with Gasteiger partial charge in [-0.25, -0.2) is 4.79 Å². The van der Waals surface area contributed by atoms with Crippen LogP contribution in [0.15, 0.2) is 0 Å². The maximum absolute atomic E-state index is 12.6. The molecule has 1 aliphatic carbocycles. The lowest BCUT2D eigenvalue weighted by Crippen LogP contribution is -2.61. The van der Waals surface area contributed by atoms with Crippen molar-refractivity contribution in [2.75, 3.05) is 33.3 Å². The molecule has 4 nitrogen and oxygen atoms in total. The van der Waals surface area contributed by atoms with Crippen LogP contribution in [-0.4, -0.2) is 49.7 Å². The van der Waals surface area contributed by atoms with Gasteiger partial charge in [0.25, 0.3) is 0 Å². The number of nitrogens with one attached hydrogen (secondary N) is 1. The zero-order valence-electron chi connectivity index (χ0n) is 13.7. The van der Waals surface area contributed by atoms with Crippen molar-refractivity contribution in [1.82, 2.24) is 10.2 Å². The molecule has 1 N–H and O–H groups in total. The van der Waals surface area contributed by atoms with Gasteiger partial charge in [-0.1, -0.05) is 20.3 Å². The highest BCUT2D eigenvalue weighted by atomic mass is 16.5. The zero-order chi connectivity index (χ0) is 15.0. The molecule has 1 saturated carbocycles. The third-order valence-electron chi connectivity index (χ3n) is 4.02. The van der Waals surface area contributed by atoms with Crippen molar-refractivity contribution in [1.29, 1.82) is 0 Å². The summed E-state index contributed by atoms with van der Waals surface area (Å²) in [5, 5.41) is 3.52. The van der Waals surface area contributed by atoms with Crippen molar-refractivity contribution < 1.29 is 9.53 Å². The van der Waals surface area contributed by atoms with Gasteiger partial charge in [0.05, 0.1) is 6.61 Å². The first-order chi connectivity index (χ1) is 9.60. The van der Waals surface area contributed by atoms with Gasteiger partial charge in [0, 0.05) is 6.54 Å². The molecule has 1 aliphatic rings. The Labute approximate surface area is 124 Å². The van der Waals surface area contributed by atoms with Crippen molar-refractivity contribution >= 4 is 5.97 Å². The number of hydrogen-bond acceptors (Lipinski definition) is 4. The predicted octanol–water partition coefficient (Wildman–Crippen LogP) is 2.43. The largest absolute Gasteiger partial charge is 0.465 e. The first kappa shape index (κ1) is 17.4. The van der Waals surface area contributed by atoms with Gasteiger partial charge in [-0.05, 0) is 58.7 Å². The molecule has 0 aliphatic heterocycles. The molecule has 4 heteroatoms. The van der Waals surface area contributed by atoms with Gasteiger partial charge in [-0.2, -0.15) is 0 Å². The first-order valence-corrected chi connectivity index (χ1v) is 8.21. The average molecular weight is 284 g/mol. The summed E-state index contributed by atoms with van der Waals surface area (Å²) in [6, 6.07) is 0. The number of likely N-dealkylation sites (N-methyl/N-ethyl adjacent to an activating group) is 1. The minimum absolute atomic E-state index is 0.0562. The lowest BCUT2D eigenvalue weighted by Gasteiger charge is -2.36. The van der Waals surface area contributed by atoms with Crippen LogP contribution in [0.3, 0.4) is 0 Å². The lowest BCUT2D eigenvalue weighted by molar-refractivity contribution is -0.153. The van der Waals surface area contributed by atoms with Gasteiger partial charge < -0.3 is 15.0 Å². The molecule has 0 radical (unpaired) electrons. The van der Waals surface area contributed by atoms with Crippen LogP contribution in [-0.2, 0) is 9.53 Å². The zero-order valence-corrected chi connectivity index (χ0v) is 13.7. The fourth-order valence-corrected chi connectivity index (χ4v) is 2.75. The van der Waals surface area contributed by atoms with E-state index in [1.807, 2.05) is 6.92 Å². The number of esters is 1. The van der Waals surface area contributed by atoms with Crippen LogP contribution in [0, 0.1) is 5.92 Å². The summed E-state index contributed by atoms with van der Waals surface area (Å²) >= 11 is 0. The molecule has 0 saturated heterocycles. The van der Waals surface area contributed by atoms with Crippen LogP contribution in [0.25, 0.3) is 0 Å². The molecule has 1 atom stereocenters. The van der Waals surface area contributed by atoms with E-state index in [9.17, 15) is 4.79 Å². The van der Waals surface area contributed by atoms with E-state index in [-0.39, 0.29) is 5.97 Å². The Morgan fingerprint density at radius 2 is 2.00 bits per heavy atom. The van der Waals surface area contributed by atoms with Gasteiger partial charge in [0.1, 0.15) is 5.54 Å². The molecular weight excluding hydrogens is 252 g/mol. The fourth-order valence-electron chi connectivity index (χ4n) is 2.75. The molecular formula is C16H32N2O2. The van der Waals surface area contributed by atoms with E-state index >= 15 is 0 Å². The average Bonchev–Trinajstić information content (AvgIpc) is 3.26. The Kier molecular flexibility index (Phi) is 7.52. The lowest BCUT2D eigenvalue weighted by atomic mass is 9.91. The number of hydrogen-bond donors (Lipinski definition) is 1. The van der Waals surface area contributed by atoms with Gasteiger partial charge >= 0.3 is 5.97 Å². The van der Waals surface area contributed by atoms with Gasteiger partial charge in [-0.3, -0.25) is 0 Å². The Morgan fingerprint density at radius 3 is 2.50 bits per heavy atom. The Hall–Kier alpha value is -0.610. The molecule has 118 valence electrons. The van der Waals surface area contributed by atoms with Gasteiger partial charge in [0.2, 0.25) is 0 Å². The highest BCUT2D eigenvalue weighted by Crippen LogP contribution is 2.41. The van der Waals surface area contributed by atoms with Crippen molar-refractivity contribution in [3.8, 4) is 0 Å². The van der Waals surface area contributed by atoms with Crippen LogP contribution in [0.4, 0.5) is 0 Å². The van der Waals surface area contributed by atoms with E-state index < -0.39 is 5.54 Å². The molecule has 20 heavy (non-hydrogen) atoms. The number of ether oxygens (including phenoxy) is 1. The maximum atomic E-state index is 12.6. The van der Waals surface area contributed by atoms with Crippen LogP contribution < -0.4 is 5.32 Å². The minimum atomic E-state index is -0.492. The van der Waals surface area contributed by atoms with Crippen LogP contribution in [0.5, 0.6) is 0 Å². The maximum Gasteiger partial charge on any atom is 0.327 e. The minimum Gasteiger partial charge on any atom is -0.465 e. The highest BCUT2D eigenvalue weighted by Gasteiger charge is 2.52. The van der Waals surface area contributed by atoms with E-state index in [2.05, 4.69) is 31.1 Å². The molecule has 0 spiro atoms. The molecule has 1 unspecified atom stereocenters. The van der Waals surface area contributed by atoms with E-state index in [0.29, 0.717) is 12.5 Å². The number of unbranched alkanes of at least 4 members (excludes halogenated alkanes) is 1. The topological polar surface area (TPSA) is 41.6 Å². The van der Waals surface area contributed by atoms with Gasteiger partial charge in [-0.15, -0.1) is 0 Å². The van der Waals surface area contributed by atoms with E-state index in [1.165, 1.54) is 12.8 Å². The predicted molar refractivity (Wildman–Crippen MR) is 82.8 cm³/mol. The summed E-state index contributed by atoms with van der Waals surface area (Å²) in [5.74, 6) is 0.386. The van der Waals surface area contributed by atoms with E-state index in [4.69, 9.17) is 4.74 Å². The van der Waals surface area contributed by atoms with Gasteiger partial charge in [0.15, 0.2) is 0 Å². The first-order valence-electron chi connectivity index (χ1n) is 8.21. The second-order valence-corrected chi connectivity index (χ2v) is 5.98. The summed E-state index contributed by atoms with van der Waals surface area (Å²) in [6.07, 6.45) is 5.66. The molecule has 0 heterocycles. The Balaban J connectivity index is 2.76. The smallest absolute Gasteiger partial charge is 0.327 e. The van der Waals surface area contributed by atoms with Crippen molar-refractivity contribution in [2.24, 2.45) is 5.92 Å². The van der Waals surface area contributed by atoms with Crippen LogP contribution in [0.1, 0.15) is 52.9 Å².